The third kappa shape index (κ3) is 3.02. The summed E-state index contributed by atoms with van der Waals surface area (Å²) in [5, 5.41) is 12.7. The lowest BCUT2D eigenvalue weighted by molar-refractivity contribution is 0.513. The maximum absolute atomic E-state index is 8.96. The average molecular weight is 247 g/mol. The topological polar surface area (TPSA) is 49.0 Å². The first-order valence-corrected chi connectivity index (χ1v) is 5.63. The number of nitrogens with one attached hydrogen (secondary N) is 1. The summed E-state index contributed by atoms with van der Waals surface area (Å²) in [4.78, 5) is 0. The molecule has 2 rings (SSSR count). The molecule has 86 valence electrons. The third-order valence-corrected chi connectivity index (χ3v) is 2.60. The minimum atomic E-state index is 0.553. The van der Waals surface area contributed by atoms with E-state index in [0.29, 0.717) is 17.1 Å². The molecule has 1 aromatic carbocycles. The highest BCUT2D eigenvalue weighted by molar-refractivity contribution is 6.30. The van der Waals surface area contributed by atoms with E-state index in [9.17, 15) is 0 Å². The molecule has 1 aromatic heterocycles. The summed E-state index contributed by atoms with van der Waals surface area (Å²) in [5.74, 6) is 0.921. The van der Waals surface area contributed by atoms with Crippen molar-refractivity contribution >= 4 is 17.3 Å². The van der Waals surface area contributed by atoms with Crippen LogP contribution in [0.3, 0.4) is 0 Å². The Bertz CT molecular complexity index is 529. The molecular weight excluding hydrogens is 236 g/mol. The van der Waals surface area contributed by atoms with E-state index in [0.717, 1.165) is 17.9 Å². The van der Waals surface area contributed by atoms with Crippen molar-refractivity contribution in [3.8, 4) is 6.07 Å². The predicted octanol–water partition coefficient (Wildman–Crippen LogP) is 3.46. The van der Waals surface area contributed by atoms with Gasteiger partial charge in [-0.15, -0.1) is 0 Å². The number of hydrogen-bond acceptors (Lipinski definition) is 3. The Morgan fingerprint density at radius 1 is 1.35 bits per heavy atom. The minimum absolute atomic E-state index is 0.553. The summed E-state index contributed by atoms with van der Waals surface area (Å²) < 4.78 is 5.22. The van der Waals surface area contributed by atoms with Crippen LogP contribution in [-0.2, 0) is 6.42 Å². The summed E-state index contributed by atoms with van der Waals surface area (Å²) in [6.07, 6.45) is 2.43. The van der Waals surface area contributed by atoms with E-state index < -0.39 is 0 Å². The molecule has 3 nitrogen and oxygen atoms in total. The van der Waals surface area contributed by atoms with Gasteiger partial charge in [0.25, 0.3) is 0 Å². The zero-order valence-electron chi connectivity index (χ0n) is 9.11. The van der Waals surface area contributed by atoms with Gasteiger partial charge in [-0.25, -0.2) is 0 Å². The molecule has 0 saturated carbocycles. The first-order valence-electron chi connectivity index (χ1n) is 5.25. The second-order valence-electron chi connectivity index (χ2n) is 3.56. The van der Waals surface area contributed by atoms with Gasteiger partial charge in [0, 0.05) is 18.0 Å². The molecule has 1 N–H and O–H groups in total. The van der Waals surface area contributed by atoms with Crippen LogP contribution in [0, 0.1) is 11.3 Å². The van der Waals surface area contributed by atoms with Crippen molar-refractivity contribution in [2.75, 3.05) is 11.9 Å². The van der Waals surface area contributed by atoms with E-state index in [1.165, 1.54) is 0 Å². The largest absolute Gasteiger partial charge is 0.469 e. The second kappa shape index (κ2) is 5.42. The summed E-state index contributed by atoms with van der Waals surface area (Å²) >= 11 is 5.82. The minimum Gasteiger partial charge on any atom is -0.469 e. The lowest BCUT2D eigenvalue weighted by Crippen LogP contribution is -2.05. The van der Waals surface area contributed by atoms with Crippen molar-refractivity contribution in [1.29, 1.82) is 5.26 Å². The predicted molar refractivity (Wildman–Crippen MR) is 67.1 cm³/mol. The maximum Gasteiger partial charge on any atom is 0.105 e. The molecule has 1 heterocycles. The highest BCUT2D eigenvalue weighted by Gasteiger charge is 2.02. The highest BCUT2D eigenvalue weighted by atomic mass is 35.5. The molecule has 0 aliphatic rings. The van der Waals surface area contributed by atoms with E-state index >= 15 is 0 Å². The number of rotatable bonds is 4. The fourth-order valence-corrected chi connectivity index (χ4v) is 1.71. The summed E-state index contributed by atoms with van der Waals surface area (Å²) in [6, 6.07) is 11.1. The molecule has 0 bridgehead atoms. The van der Waals surface area contributed by atoms with Crippen molar-refractivity contribution in [2.24, 2.45) is 0 Å². The van der Waals surface area contributed by atoms with E-state index in [2.05, 4.69) is 11.4 Å². The first kappa shape index (κ1) is 11.6. The summed E-state index contributed by atoms with van der Waals surface area (Å²) in [7, 11) is 0. The van der Waals surface area contributed by atoms with E-state index in [4.69, 9.17) is 21.3 Å². The fourth-order valence-electron chi connectivity index (χ4n) is 1.54. The van der Waals surface area contributed by atoms with Crippen molar-refractivity contribution in [3.05, 3.63) is 52.9 Å². The molecular formula is C13H11ClN2O. The quantitative estimate of drug-likeness (QED) is 0.899. The lowest BCUT2D eigenvalue weighted by Gasteiger charge is -2.07. The highest BCUT2D eigenvalue weighted by Crippen LogP contribution is 2.19. The Balaban J connectivity index is 1.97. The van der Waals surface area contributed by atoms with Crippen LogP contribution in [0.5, 0.6) is 0 Å². The van der Waals surface area contributed by atoms with Gasteiger partial charge in [0.05, 0.1) is 17.5 Å². The van der Waals surface area contributed by atoms with Gasteiger partial charge in [-0.3, -0.25) is 0 Å². The van der Waals surface area contributed by atoms with Crippen LogP contribution < -0.4 is 5.32 Å². The number of hydrogen-bond donors (Lipinski definition) is 1. The molecule has 0 radical (unpaired) electrons. The number of nitriles is 1. The van der Waals surface area contributed by atoms with Gasteiger partial charge in [0.2, 0.25) is 0 Å². The van der Waals surface area contributed by atoms with Crippen molar-refractivity contribution < 1.29 is 4.42 Å². The molecule has 0 unspecified atom stereocenters. The molecule has 0 amide bonds. The van der Waals surface area contributed by atoms with Crippen LogP contribution in [0.1, 0.15) is 11.3 Å². The Labute approximate surface area is 105 Å². The summed E-state index contributed by atoms with van der Waals surface area (Å²) in [6.45, 7) is 0.712. The van der Waals surface area contributed by atoms with Gasteiger partial charge in [-0.2, -0.15) is 5.26 Å². The molecule has 2 aromatic rings. The SMILES string of the molecule is N#Cc1cc(Cl)ccc1NCCc1ccco1. The third-order valence-electron chi connectivity index (χ3n) is 2.37. The monoisotopic (exact) mass is 246 g/mol. The molecule has 17 heavy (non-hydrogen) atoms. The summed E-state index contributed by atoms with van der Waals surface area (Å²) in [5.41, 5.74) is 1.35. The van der Waals surface area contributed by atoms with Crippen LogP contribution in [0.15, 0.2) is 41.0 Å². The zero-order chi connectivity index (χ0) is 12.1. The van der Waals surface area contributed by atoms with Crippen LogP contribution in [0.2, 0.25) is 5.02 Å². The van der Waals surface area contributed by atoms with Gasteiger partial charge in [0.15, 0.2) is 0 Å². The number of halogens is 1. The number of anilines is 1. The second-order valence-corrected chi connectivity index (χ2v) is 3.99. The van der Waals surface area contributed by atoms with Crippen LogP contribution in [-0.4, -0.2) is 6.54 Å². The van der Waals surface area contributed by atoms with Gasteiger partial charge < -0.3 is 9.73 Å². The van der Waals surface area contributed by atoms with Gasteiger partial charge in [-0.1, -0.05) is 11.6 Å². The standard InChI is InChI=1S/C13H11ClN2O/c14-11-3-4-13(10(8-11)9-15)16-6-5-12-2-1-7-17-12/h1-4,7-8,16H,5-6H2. The van der Waals surface area contributed by atoms with Crippen molar-refractivity contribution in [3.63, 3.8) is 0 Å². The average Bonchev–Trinajstić information content (AvgIpc) is 2.84. The lowest BCUT2D eigenvalue weighted by atomic mass is 10.2. The Kier molecular flexibility index (Phi) is 3.69. The van der Waals surface area contributed by atoms with Crippen molar-refractivity contribution in [1.82, 2.24) is 0 Å². The Hall–Kier alpha value is -1.92. The smallest absolute Gasteiger partial charge is 0.105 e. The molecule has 0 aliphatic carbocycles. The molecule has 0 aliphatic heterocycles. The van der Waals surface area contributed by atoms with Crippen molar-refractivity contribution in [2.45, 2.75) is 6.42 Å². The number of benzene rings is 1. The molecule has 4 heteroatoms. The Morgan fingerprint density at radius 3 is 2.94 bits per heavy atom. The normalized spacial score (nSPS) is 9.88. The molecule has 0 saturated heterocycles. The van der Waals surface area contributed by atoms with E-state index in [1.807, 2.05) is 18.2 Å². The molecule has 0 spiro atoms. The first-order chi connectivity index (χ1) is 8.29. The van der Waals surface area contributed by atoms with Crippen LogP contribution in [0.25, 0.3) is 0 Å². The van der Waals surface area contributed by atoms with E-state index in [-0.39, 0.29) is 0 Å². The van der Waals surface area contributed by atoms with Gasteiger partial charge in [-0.05, 0) is 30.3 Å². The number of furan rings is 1. The molecule has 0 fully saturated rings. The van der Waals surface area contributed by atoms with Crippen LogP contribution >= 0.6 is 11.6 Å². The van der Waals surface area contributed by atoms with Gasteiger partial charge >= 0.3 is 0 Å². The Morgan fingerprint density at radius 2 is 2.24 bits per heavy atom. The van der Waals surface area contributed by atoms with E-state index in [1.54, 1.807) is 18.4 Å². The number of nitrogens with zero attached hydrogens (tertiary/aromatic N) is 1. The molecule has 0 atom stereocenters. The van der Waals surface area contributed by atoms with Crippen LogP contribution in [0.4, 0.5) is 5.69 Å². The fraction of sp³-hybridized carbons (Fsp3) is 0.154. The maximum atomic E-state index is 8.96. The zero-order valence-corrected chi connectivity index (χ0v) is 9.87. The van der Waals surface area contributed by atoms with Gasteiger partial charge in [0.1, 0.15) is 11.8 Å².